The molecule has 0 aliphatic heterocycles. The third kappa shape index (κ3) is 3.88. The van der Waals surface area contributed by atoms with Crippen molar-refractivity contribution in [2.45, 2.75) is 32.1 Å². The summed E-state index contributed by atoms with van der Waals surface area (Å²) in [7, 11) is 1.66. The minimum atomic E-state index is -0.0615. The van der Waals surface area contributed by atoms with E-state index in [1.807, 2.05) is 36.4 Å². The van der Waals surface area contributed by atoms with Crippen molar-refractivity contribution in [1.82, 2.24) is 4.98 Å². The van der Waals surface area contributed by atoms with E-state index in [1.165, 1.54) is 0 Å². The molecule has 0 unspecified atom stereocenters. The lowest BCUT2D eigenvalue weighted by atomic mass is 9.86. The van der Waals surface area contributed by atoms with Gasteiger partial charge < -0.3 is 9.47 Å². The van der Waals surface area contributed by atoms with E-state index in [4.69, 9.17) is 21.1 Å². The zero-order valence-corrected chi connectivity index (χ0v) is 13.6. The van der Waals surface area contributed by atoms with Gasteiger partial charge >= 0.3 is 0 Å². The lowest BCUT2D eigenvalue weighted by molar-refractivity contribution is 0.405. The number of pyridine rings is 1. The average molecular weight is 306 g/mol. The van der Waals surface area contributed by atoms with E-state index >= 15 is 0 Å². The molecule has 4 heteroatoms. The summed E-state index contributed by atoms with van der Waals surface area (Å²) < 4.78 is 11.3. The Bertz CT molecular complexity index is 620. The summed E-state index contributed by atoms with van der Waals surface area (Å²) in [5.74, 6) is 2.51. The molecule has 0 N–H and O–H groups in total. The number of ether oxygens (including phenoxy) is 2. The van der Waals surface area contributed by atoms with Crippen molar-refractivity contribution in [3.63, 3.8) is 0 Å². The van der Waals surface area contributed by atoms with Crippen molar-refractivity contribution in [2.75, 3.05) is 7.11 Å². The second kappa shape index (κ2) is 6.35. The van der Waals surface area contributed by atoms with Gasteiger partial charge in [0.2, 0.25) is 5.88 Å². The maximum atomic E-state index is 5.95. The van der Waals surface area contributed by atoms with Crippen LogP contribution in [0.3, 0.4) is 0 Å². The van der Waals surface area contributed by atoms with Crippen LogP contribution in [0.1, 0.15) is 32.0 Å². The van der Waals surface area contributed by atoms with Gasteiger partial charge in [0.05, 0.1) is 18.7 Å². The fraction of sp³-hybridized carbons (Fsp3) is 0.353. The number of hydrogen-bond acceptors (Lipinski definition) is 3. The highest BCUT2D eigenvalue weighted by molar-refractivity contribution is 6.16. The van der Waals surface area contributed by atoms with Gasteiger partial charge in [-0.25, -0.2) is 4.98 Å². The lowest BCUT2D eigenvalue weighted by Crippen LogP contribution is -2.13. The molecule has 2 aromatic rings. The van der Waals surface area contributed by atoms with Gasteiger partial charge in [-0.3, -0.25) is 0 Å². The van der Waals surface area contributed by atoms with Gasteiger partial charge in [0, 0.05) is 11.6 Å². The van der Waals surface area contributed by atoms with E-state index in [0.717, 1.165) is 22.8 Å². The van der Waals surface area contributed by atoms with E-state index in [9.17, 15) is 0 Å². The summed E-state index contributed by atoms with van der Waals surface area (Å²) in [4.78, 5) is 4.37. The van der Waals surface area contributed by atoms with Crippen molar-refractivity contribution in [2.24, 2.45) is 0 Å². The molecule has 1 aromatic heterocycles. The number of benzene rings is 1. The Labute approximate surface area is 130 Å². The highest BCUT2D eigenvalue weighted by Crippen LogP contribution is 2.36. The Kier molecular flexibility index (Phi) is 4.73. The fourth-order valence-electron chi connectivity index (χ4n) is 2.01. The highest BCUT2D eigenvalue weighted by atomic mass is 35.5. The molecule has 21 heavy (non-hydrogen) atoms. The molecule has 0 fully saturated rings. The van der Waals surface area contributed by atoms with E-state index < -0.39 is 0 Å². The van der Waals surface area contributed by atoms with Crippen LogP contribution in [0, 0.1) is 0 Å². The molecule has 0 radical (unpaired) electrons. The monoisotopic (exact) mass is 305 g/mol. The first-order chi connectivity index (χ1) is 9.94. The van der Waals surface area contributed by atoms with Crippen LogP contribution in [-0.2, 0) is 11.3 Å². The van der Waals surface area contributed by atoms with Crippen molar-refractivity contribution in [1.29, 1.82) is 0 Å². The third-order valence-corrected chi connectivity index (χ3v) is 3.40. The molecule has 0 saturated carbocycles. The molecule has 112 valence electrons. The second-order valence-corrected chi connectivity index (χ2v) is 6.08. The van der Waals surface area contributed by atoms with Crippen molar-refractivity contribution >= 4 is 11.6 Å². The van der Waals surface area contributed by atoms with Gasteiger partial charge in [0.1, 0.15) is 11.5 Å². The number of halogens is 1. The predicted molar refractivity (Wildman–Crippen MR) is 85.6 cm³/mol. The van der Waals surface area contributed by atoms with Crippen LogP contribution in [-0.4, -0.2) is 12.1 Å². The first kappa shape index (κ1) is 15.6. The number of nitrogens with zero attached hydrogens (tertiary/aromatic N) is 1. The van der Waals surface area contributed by atoms with Gasteiger partial charge in [0.25, 0.3) is 0 Å². The summed E-state index contributed by atoms with van der Waals surface area (Å²) in [6.45, 7) is 6.41. The molecule has 0 spiro atoms. The van der Waals surface area contributed by atoms with Crippen LogP contribution >= 0.6 is 11.6 Å². The summed E-state index contributed by atoms with van der Waals surface area (Å²) >= 11 is 5.81. The normalized spacial score (nSPS) is 11.3. The van der Waals surface area contributed by atoms with Gasteiger partial charge in [-0.2, -0.15) is 0 Å². The van der Waals surface area contributed by atoms with E-state index in [1.54, 1.807) is 7.11 Å². The van der Waals surface area contributed by atoms with Gasteiger partial charge in [-0.1, -0.05) is 26.8 Å². The molecular formula is C17H20ClNO2. The van der Waals surface area contributed by atoms with Gasteiger partial charge in [0.15, 0.2) is 0 Å². The van der Waals surface area contributed by atoms with Crippen LogP contribution in [0.25, 0.3) is 0 Å². The first-order valence-electron chi connectivity index (χ1n) is 6.82. The largest absolute Gasteiger partial charge is 0.497 e. The zero-order chi connectivity index (χ0) is 15.5. The molecule has 0 atom stereocenters. The number of hydrogen-bond donors (Lipinski definition) is 0. The van der Waals surface area contributed by atoms with E-state index in [2.05, 4.69) is 25.8 Å². The third-order valence-electron chi connectivity index (χ3n) is 3.13. The summed E-state index contributed by atoms with van der Waals surface area (Å²) in [6, 6.07) is 11.4. The number of methoxy groups -OCH3 is 1. The van der Waals surface area contributed by atoms with Crippen molar-refractivity contribution < 1.29 is 9.47 Å². The number of rotatable bonds is 4. The molecule has 2 rings (SSSR count). The Morgan fingerprint density at radius 1 is 1.14 bits per heavy atom. The van der Waals surface area contributed by atoms with Crippen molar-refractivity contribution in [3.8, 4) is 17.4 Å². The van der Waals surface area contributed by atoms with Gasteiger partial charge in [-0.05, 0) is 29.7 Å². The van der Waals surface area contributed by atoms with E-state index in [0.29, 0.717) is 11.8 Å². The molecule has 0 bridgehead atoms. The maximum Gasteiger partial charge on any atom is 0.219 e. The highest BCUT2D eigenvalue weighted by Gasteiger charge is 2.20. The van der Waals surface area contributed by atoms with Crippen LogP contribution in [0.2, 0.25) is 0 Å². The first-order valence-corrected chi connectivity index (χ1v) is 7.36. The SMILES string of the molecule is COc1ccc(Oc2cccc(CCl)n2)c(C(C)(C)C)c1. The van der Waals surface area contributed by atoms with Crippen LogP contribution in [0.4, 0.5) is 0 Å². The minimum Gasteiger partial charge on any atom is -0.497 e. The summed E-state index contributed by atoms with van der Waals surface area (Å²) in [5, 5.41) is 0. The molecular weight excluding hydrogens is 286 g/mol. The average Bonchev–Trinajstić information content (AvgIpc) is 2.46. The molecule has 0 amide bonds. The standard InChI is InChI=1S/C17H20ClNO2/c1-17(2,3)14-10-13(20-4)8-9-15(14)21-16-7-5-6-12(11-18)19-16/h5-10H,11H2,1-4H3. The van der Waals surface area contributed by atoms with Crippen LogP contribution in [0.5, 0.6) is 17.4 Å². The summed E-state index contributed by atoms with van der Waals surface area (Å²) in [5.41, 5.74) is 1.80. The van der Waals surface area contributed by atoms with Crippen LogP contribution < -0.4 is 9.47 Å². The second-order valence-electron chi connectivity index (χ2n) is 5.81. The van der Waals surface area contributed by atoms with Gasteiger partial charge in [-0.15, -0.1) is 11.6 Å². The minimum absolute atomic E-state index is 0.0615. The molecule has 0 aliphatic rings. The number of aromatic nitrogens is 1. The topological polar surface area (TPSA) is 31.4 Å². The lowest BCUT2D eigenvalue weighted by Gasteiger charge is -2.23. The van der Waals surface area contributed by atoms with Crippen LogP contribution in [0.15, 0.2) is 36.4 Å². The Morgan fingerprint density at radius 2 is 1.90 bits per heavy atom. The Hall–Kier alpha value is -1.74. The molecule has 0 saturated heterocycles. The van der Waals surface area contributed by atoms with Crippen molar-refractivity contribution in [3.05, 3.63) is 47.7 Å². The smallest absolute Gasteiger partial charge is 0.219 e. The predicted octanol–water partition coefficient (Wildman–Crippen LogP) is 4.92. The quantitative estimate of drug-likeness (QED) is 0.751. The molecule has 1 aromatic carbocycles. The number of alkyl halides is 1. The summed E-state index contributed by atoms with van der Waals surface area (Å²) in [6.07, 6.45) is 0. The van der Waals surface area contributed by atoms with E-state index in [-0.39, 0.29) is 5.41 Å². The molecule has 0 aliphatic carbocycles. The molecule has 1 heterocycles. The Balaban J connectivity index is 2.39. The molecule has 3 nitrogen and oxygen atoms in total. The zero-order valence-electron chi connectivity index (χ0n) is 12.8. The Morgan fingerprint density at radius 3 is 2.52 bits per heavy atom. The maximum absolute atomic E-state index is 5.95. The fourth-order valence-corrected chi connectivity index (χ4v) is 2.16.